The maximum Gasteiger partial charge on any atom is 0.329 e. The molecule has 1 saturated heterocycles. The van der Waals surface area contributed by atoms with Crippen LogP contribution in [0.3, 0.4) is 0 Å². The Balaban J connectivity index is 2.35. The van der Waals surface area contributed by atoms with Crippen LogP contribution in [-0.4, -0.2) is 32.4 Å². The molecule has 0 bridgehead atoms. The molecule has 7 nitrogen and oxygen atoms in total. The van der Waals surface area contributed by atoms with Gasteiger partial charge in [-0.1, -0.05) is 0 Å². The highest BCUT2D eigenvalue weighted by molar-refractivity contribution is 6.11. The minimum atomic E-state index is -1.75. The molecule has 84 valence electrons. The van der Waals surface area contributed by atoms with Crippen LogP contribution in [-0.2, 0) is 14.3 Å². The van der Waals surface area contributed by atoms with E-state index in [1.807, 2.05) is 0 Å². The number of esters is 2. The second-order valence-electron chi connectivity index (χ2n) is 4.06. The fraction of sp³-hybridized carbons (Fsp3) is 0.333. The van der Waals surface area contributed by atoms with E-state index < -0.39 is 45.8 Å². The zero-order valence-electron chi connectivity index (χ0n) is 7.72. The number of aliphatic hydroxyl groups is 4. The molecule has 0 radical (unpaired) electrons. The normalized spacial score (nSPS) is 40.8. The lowest BCUT2D eigenvalue weighted by Gasteiger charge is -2.18. The number of hydrogen-bond donors (Lipinski definition) is 4. The quantitative estimate of drug-likeness (QED) is 0.341. The molecule has 0 aromatic carbocycles. The number of hydrogen-bond acceptors (Lipinski definition) is 7. The average molecular weight is 226 g/mol. The molecular weight excluding hydrogens is 220 g/mol. The van der Waals surface area contributed by atoms with Crippen LogP contribution in [0, 0.1) is 10.8 Å². The Kier molecular flexibility index (Phi) is 1.14. The summed E-state index contributed by atoms with van der Waals surface area (Å²) in [6.45, 7) is 0. The molecular formula is C9H6O7. The predicted octanol–water partition coefficient (Wildman–Crippen LogP) is 0.115. The monoisotopic (exact) mass is 226 g/mol. The van der Waals surface area contributed by atoms with Crippen molar-refractivity contribution in [2.75, 3.05) is 0 Å². The number of carbonyl (C=O) groups excluding carboxylic acids is 2. The van der Waals surface area contributed by atoms with Crippen molar-refractivity contribution >= 4 is 11.9 Å². The second-order valence-corrected chi connectivity index (χ2v) is 4.06. The van der Waals surface area contributed by atoms with E-state index in [0.29, 0.717) is 0 Å². The minimum absolute atomic E-state index is 0.205. The van der Waals surface area contributed by atoms with Crippen LogP contribution < -0.4 is 0 Å². The lowest BCUT2D eigenvalue weighted by Crippen LogP contribution is -2.28. The van der Waals surface area contributed by atoms with Crippen LogP contribution in [0.1, 0.15) is 6.42 Å². The van der Waals surface area contributed by atoms with Crippen LogP contribution in [0.2, 0.25) is 0 Å². The number of ether oxygens (including phenoxy) is 1. The van der Waals surface area contributed by atoms with Crippen LogP contribution in [0.25, 0.3) is 0 Å². The SMILES string of the molecule is O=C1OC(=O)C23CC12C(O)=C(O)C(O)=C3O. The molecule has 2 unspecified atom stereocenters. The van der Waals surface area contributed by atoms with Gasteiger partial charge in [-0.15, -0.1) is 0 Å². The summed E-state index contributed by atoms with van der Waals surface area (Å²) in [7, 11) is 0. The Morgan fingerprint density at radius 3 is 1.62 bits per heavy atom. The van der Waals surface area contributed by atoms with Gasteiger partial charge in [-0.2, -0.15) is 0 Å². The average Bonchev–Trinajstić information content (AvgIpc) is 2.91. The minimum Gasteiger partial charge on any atom is -0.507 e. The van der Waals surface area contributed by atoms with E-state index in [1.165, 1.54) is 0 Å². The Morgan fingerprint density at radius 1 is 0.875 bits per heavy atom. The summed E-state index contributed by atoms with van der Waals surface area (Å²) in [5, 5.41) is 37.8. The van der Waals surface area contributed by atoms with Crippen molar-refractivity contribution in [3.8, 4) is 0 Å². The van der Waals surface area contributed by atoms with Gasteiger partial charge in [0, 0.05) is 0 Å². The molecule has 1 saturated carbocycles. The van der Waals surface area contributed by atoms with Crippen molar-refractivity contribution < 1.29 is 34.8 Å². The molecule has 0 aromatic heterocycles. The molecule has 4 N–H and O–H groups in total. The fourth-order valence-corrected chi connectivity index (χ4v) is 2.50. The van der Waals surface area contributed by atoms with Gasteiger partial charge in [0.25, 0.3) is 0 Å². The van der Waals surface area contributed by atoms with E-state index in [9.17, 15) is 30.0 Å². The Hall–Kier alpha value is -2.18. The van der Waals surface area contributed by atoms with E-state index in [-0.39, 0.29) is 6.42 Å². The number of aliphatic hydroxyl groups excluding tert-OH is 4. The number of carbonyl (C=O) groups is 2. The third-order valence-corrected chi connectivity index (χ3v) is 3.50. The van der Waals surface area contributed by atoms with Crippen molar-refractivity contribution in [1.82, 2.24) is 0 Å². The lowest BCUT2D eigenvalue weighted by molar-refractivity contribution is -0.157. The first kappa shape index (κ1) is 9.08. The summed E-state index contributed by atoms with van der Waals surface area (Å²) in [6, 6.07) is 0. The standard InChI is InChI=1S/C9H6O7/c10-2-3(11)5(13)9-1-8(9,4(2)12)6(14)16-7(9)15/h10-13H,1H2. The topological polar surface area (TPSA) is 124 Å². The third kappa shape index (κ3) is 0.536. The largest absolute Gasteiger partial charge is 0.507 e. The number of cyclic esters (lactones) is 2. The van der Waals surface area contributed by atoms with E-state index in [1.54, 1.807) is 0 Å². The smallest absolute Gasteiger partial charge is 0.329 e. The molecule has 2 atom stereocenters. The van der Waals surface area contributed by atoms with E-state index >= 15 is 0 Å². The van der Waals surface area contributed by atoms with Crippen molar-refractivity contribution in [2.24, 2.45) is 10.8 Å². The Morgan fingerprint density at radius 2 is 1.25 bits per heavy atom. The molecule has 3 aliphatic rings. The first-order valence-corrected chi connectivity index (χ1v) is 4.42. The van der Waals surface area contributed by atoms with Gasteiger partial charge in [-0.25, -0.2) is 0 Å². The maximum absolute atomic E-state index is 11.4. The van der Waals surface area contributed by atoms with Gasteiger partial charge in [-0.3, -0.25) is 9.59 Å². The molecule has 1 heterocycles. The lowest BCUT2D eigenvalue weighted by atomic mass is 9.86. The van der Waals surface area contributed by atoms with Crippen LogP contribution in [0.5, 0.6) is 0 Å². The predicted molar refractivity (Wildman–Crippen MR) is 45.1 cm³/mol. The van der Waals surface area contributed by atoms with Gasteiger partial charge in [0.05, 0.1) is 0 Å². The molecule has 7 heteroatoms. The Labute approximate surface area is 87.9 Å². The summed E-state index contributed by atoms with van der Waals surface area (Å²) in [5.41, 5.74) is -3.49. The highest BCUT2D eigenvalue weighted by atomic mass is 16.6. The van der Waals surface area contributed by atoms with Crippen molar-refractivity contribution in [1.29, 1.82) is 0 Å². The molecule has 3 rings (SSSR count). The van der Waals surface area contributed by atoms with Gasteiger partial charge >= 0.3 is 11.9 Å². The molecule has 16 heavy (non-hydrogen) atoms. The van der Waals surface area contributed by atoms with Crippen LogP contribution >= 0.6 is 0 Å². The molecule has 0 amide bonds. The van der Waals surface area contributed by atoms with E-state index in [4.69, 9.17) is 0 Å². The third-order valence-electron chi connectivity index (χ3n) is 3.50. The van der Waals surface area contributed by atoms with Crippen LogP contribution in [0.15, 0.2) is 23.0 Å². The summed E-state index contributed by atoms with van der Waals surface area (Å²) in [4.78, 5) is 22.8. The molecule has 2 aliphatic carbocycles. The first-order valence-electron chi connectivity index (χ1n) is 4.42. The molecule has 2 fully saturated rings. The fourth-order valence-electron chi connectivity index (χ4n) is 2.50. The van der Waals surface area contributed by atoms with Crippen molar-refractivity contribution in [3.05, 3.63) is 23.0 Å². The Bertz CT molecular complexity index is 482. The second kappa shape index (κ2) is 2.01. The maximum atomic E-state index is 11.4. The zero-order valence-corrected chi connectivity index (χ0v) is 7.72. The molecule has 1 aliphatic heterocycles. The molecule has 0 aromatic rings. The number of rotatable bonds is 0. The summed E-state index contributed by atoms with van der Waals surface area (Å²) < 4.78 is 4.30. The highest BCUT2D eigenvalue weighted by Crippen LogP contribution is 2.77. The summed E-state index contributed by atoms with van der Waals surface area (Å²) in [6.07, 6.45) is -0.205. The van der Waals surface area contributed by atoms with Crippen molar-refractivity contribution in [2.45, 2.75) is 6.42 Å². The summed E-state index contributed by atoms with van der Waals surface area (Å²) in [5.74, 6) is -5.73. The first-order chi connectivity index (χ1) is 7.39. The van der Waals surface area contributed by atoms with Gasteiger partial charge < -0.3 is 25.2 Å². The van der Waals surface area contributed by atoms with Gasteiger partial charge in [-0.05, 0) is 6.42 Å². The summed E-state index contributed by atoms with van der Waals surface area (Å²) >= 11 is 0. The van der Waals surface area contributed by atoms with E-state index in [2.05, 4.69) is 4.74 Å². The van der Waals surface area contributed by atoms with Crippen LogP contribution in [0.4, 0.5) is 0 Å². The zero-order chi connectivity index (χ0) is 11.9. The van der Waals surface area contributed by atoms with Gasteiger partial charge in [0.15, 0.2) is 22.3 Å². The van der Waals surface area contributed by atoms with Gasteiger partial charge in [0.1, 0.15) is 0 Å². The highest BCUT2D eigenvalue weighted by Gasteiger charge is 2.89. The molecule has 0 spiro atoms. The van der Waals surface area contributed by atoms with Crippen molar-refractivity contribution in [3.63, 3.8) is 0 Å². The van der Waals surface area contributed by atoms with Gasteiger partial charge in [0.2, 0.25) is 11.5 Å². The van der Waals surface area contributed by atoms with E-state index in [0.717, 1.165) is 0 Å².